The molecule has 0 N–H and O–H groups in total. The minimum absolute atomic E-state index is 0.433. The van der Waals surface area contributed by atoms with Crippen LogP contribution in [0.2, 0.25) is 0 Å². The summed E-state index contributed by atoms with van der Waals surface area (Å²) in [6.07, 6.45) is 6.83. The summed E-state index contributed by atoms with van der Waals surface area (Å²) < 4.78 is 0. The summed E-state index contributed by atoms with van der Waals surface area (Å²) in [5, 5.41) is 5.42. The van der Waals surface area contributed by atoms with Gasteiger partial charge in [0.15, 0.2) is 0 Å². The van der Waals surface area contributed by atoms with Gasteiger partial charge in [-0.2, -0.15) is 0 Å². The number of hydrogen-bond donors (Lipinski definition) is 0. The van der Waals surface area contributed by atoms with E-state index in [1.54, 1.807) is 0 Å². The Kier molecular flexibility index (Phi) is 3.38. The average Bonchev–Trinajstić information content (AvgIpc) is 2.61. The van der Waals surface area contributed by atoms with Crippen molar-refractivity contribution >= 4 is 22.4 Å². The molecule has 0 aromatic heterocycles. The fourth-order valence-corrected chi connectivity index (χ4v) is 3.68. The molecule has 23 heavy (non-hydrogen) atoms. The molecule has 1 unspecified atom stereocenters. The van der Waals surface area contributed by atoms with Gasteiger partial charge in [-0.15, -0.1) is 0 Å². The van der Waals surface area contributed by atoms with Crippen molar-refractivity contribution in [2.45, 2.75) is 19.8 Å². The molecule has 0 heterocycles. The van der Waals surface area contributed by atoms with Gasteiger partial charge in [0.25, 0.3) is 0 Å². The largest absolute Gasteiger partial charge is 0.0798 e. The smallest absolute Gasteiger partial charge is 0.000544 e. The minimum Gasteiger partial charge on any atom is -0.0798 e. The highest BCUT2D eigenvalue weighted by molar-refractivity contribution is 5.90. The first kappa shape index (κ1) is 14.0. The molecule has 1 atom stereocenters. The lowest BCUT2D eigenvalue weighted by Crippen LogP contribution is -2.21. The zero-order valence-corrected chi connectivity index (χ0v) is 13.6. The van der Waals surface area contributed by atoms with Gasteiger partial charge in [0.1, 0.15) is 0 Å². The van der Waals surface area contributed by atoms with E-state index in [-0.39, 0.29) is 0 Å². The van der Waals surface area contributed by atoms with Gasteiger partial charge in [-0.1, -0.05) is 85.8 Å². The SMILES string of the molecule is CC=c1cccc2ccc3c(c12)C(C)C=CC=3c1ccccc1. The molecular formula is C23H20. The molecule has 3 aromatic carbocycles. The molecule has 0 nitrogen and oxygen atoms in total. The third kappa shape index (κ3) is 2.22. The van der Waals surface area contributed by atoms with Crippen LogP contribution in [-0.4, -0.2) is 0 Å². The zero-order chi connectivity index (χ0) is 15.8. The highest BCUT2D eigenvalue weighted by Gasteiger charge is 2.16. The molecule has 0 saturated heterocycles. The normalized spacial score (nSPS) is 17.6. The Labute approximate surface area is 137 Å². The number of allylic oxidation sites excluding steroid dienone is 2. The Morgan fingerprint density at radius 2 is 1.70 bits per heavy atom. The van der Waals surface area contributed by atoms with E-state index in [1.165, 1.54) is 37.9 Å². The molecule has 0 bridgehead atoms. The Morgan fingerprint density at radius 1 is 0.870 bits per heavy atom. The highest BCUT2D eigenvalue weighted by Crippen LogP contribution is 2.27. The molecule has 0 amide bonds. The van der Waals surface area contributed by atoms with Crippen LogP contribution in [0.3, 0.4) is 0 Å². The fraction of sp³-hybridized carbons (Fsp3) is 0.130. The van der Waals surface area contributed by atoms with E-state index in [1.807, 2.05) is 0 Å². The molecular weight excluding hydrogens is 276 g/mol. The lowest BCUT2D eigenvalue weighted by Gasteiger charge is -2.19. The number of fused-ring (bicyclic) bond motifs is 3. The van der Waals surface area contributed by atoms with Crippen molar-refractivity contribution in [2.75, 3.05) is 0 Å². The Morgan fingerprint density at radius 3 is 2.48 bits per heavy atom. The zero-order valence-electron chi connectivity index (χ0n) is 13.6. The summed E-state index contributed by atoms with van der Waals surface area (Å²) in [5.74, 6) is 0.433. The molecule has 112 valence electrons. The van der Waals surface area contributed by atoms with Crippen LogP contribution in [0.4, 0.5) is 0 Å². The van der Waals surface area contributed by atoms with Gasteiger partial charge in [0, 0.05) is 5.92 Å². The molecule has 1 aliphatic rings. The summed E-state index contributed by atoms with van der Waals surface area (Å²) in [5.41, 5.74) is 4.07. The molecule has 1 aliphatic carbocycles. The van der Waals surface area contributed by atoms with Crippen molar-refractivity contribution in [3.05, 3.63) is 94.4 Å². The first-order chi connectivity index (χ1) is 11.3. The highest BCUT2D eigenvalue weighted by atomic mass is 14.2. The summed E-state index contributed by atoms with van der Waals surface area (Å²) in [4.78, 5) is 0. The maximum absolute atomic E-state index is 2.33. The van der Waals surface area contributed by atoms with Crippen LogP contribution >= 0.6 is 0 Å². The third-order valence-corrected chi connectivity index (χ3v) is 4.81. The van der Waals surface area contributed by atoms with Crippen LogP contribution in [0.25, 0.3) is 22.4 Å². The van der Waals surface area contributed by atoms with Crippen molar-refractivity contribution < 1.29 is 0 Å². The lowest BCUT2D eigenvalue weighted by atomic mass is 9.84. The van der Waals surface area contributed by atoms with Crippen LogP contribution in [0.1, 0.15) is 30.9 Å². The molecule has 0 fully saturated rings. The van der Waals surface area contributed by atoms with Crippen molar-refractivity contribution in [1.82, 2.24) is 0 Å². The van der Waals surface area contributed by atoms with Crippen molar-refractivity contribution in [3.63, 3.8) is 0 Å². The van der Waals surface area contributed by atoms with Gasteiger partial charge in [-0.3, -0.25) is 0 Å². The molecule has 0 radical (unpaired) electrons. The maximum Gasteiger partial charge on any atom is 0.000544 e. The third-order valence-electron chi connectivity index (χ3n) is 4.81. The van der Waals surface area contributed by atoms with Gasteiger partial charge in [0.05, 0.1) is 0 Å². The predicted molar refractivity (Wildman–Crippen MR) is 99.8 cm³/mol. The van der Waals surface area contributed by atoms with E-state index < -0.39 is 0 Å². The van der Waals surface area contributed by atoms with Crippen molar-refractivity contribution in [2.24, 2.45) is 0 Å². The summed E-state index contributed by atoms with van der Waals surface area (Å²) in [6.45, 7) is 4.42. The first-order valence-electron chi connectivity index (χ1n) is 8.25. The molecule has 0 saturated carbocycles. The lowest BCUT2D eigenvalue weighted by molar-refractivity contribution is 0.959. The fourth-order valence-electron chi connectivity index (χ4n) is 3.68. The average molecular weight is 296 g/mol. The predicted octanol–water partition coefficient (Wildman–Crippen LogP) is 4.51. The summed E-state index contributed by atoms with van der Waals surface area (Å²) in [7, 11) is 0. The second-order valence-electron chi connectivity index (χ2n) is 6.19. The second-order valence-corrected chi connectivity index (χ2v) is 6.19. The van der Waals surface area contributed by atoms with Crippen molar-refractivity contribution in [1.29, 1.82) is 0 Å². The van der Waals surface area contributed by atoms with E-state index >= 15 is 0 Å². The second kappa shape index (κ2) is 5.55. The number of benzene rings is 3. The summed E-state index contributed by atoms with van der Waals surface area (Å²) in [6, 6.07) is 21.8. The van der Waals surface area contributed by atoms with Crippen LogP contribution in [0.5, 0.6) is 0 Å². The topological polar surface area (TPSA) is 0 Å². The Bertz CT molecular complexity index is 1020. The van der Waals surface area contributed by atoms with Gasteiger partial charge in [-0.25, -0.2) is 0 Å². The van der Waals surface area contributed by atoms with E-state index in [0.717, 1.165) is 0 Å². The molecule has 3 aromatic rings. The van der Waals surface area contributed by atoms with E-state index in [0.29, 0.717) is 5.92 Å². The molecule has 0 spiro atoms. The molecule has 4 rings (SSSR count). The quantitative estimate of drug-likeness (QED) is 0.619. The standard InChI is InChI=1S/C23H20/c1-3-17-10-7-11-19-13-15-21-20(18-8-5-4-6-9-18)14-12-16(2)22(21)23(17)19/h3-16H,1-2H3. The number of hydrogen-bond acceptors (Lipinski definition) is 0. The monoisotopic (exact) mass is 296 g/mol. The van der Waals surface area contributed by atoms with Gasteiger partial charge in [0.2, 0.25) is 0 Å². The maximum atomic E-state index is 2.33. The Balaban J connectivity index is 2.21. The van der Waals surface area contributed by atoms with Gasteiger partial charge in [-0.05, 0) is 44.8 Å². The van der Waals surface area contributed by atoms with Crippen molar-refractivity contribution in [3.8, 4) is 0 Å². The van der Waals surface area contributed by atoms with Crippen LogP contribution in [-0.2, 0) is 0 Å². The van der Waals surface area contributed by atoms with E-state index in [4.69, 9.17) is 0 Å². The minimum atomic E-state index is 0.433. The van der Waals surface area contributed by atoms with Crippen LogP contribution < -0.4 is 10.4 Å². The Hall–Kier alpha value is -2.60. The van der Waals surface area contributed by atoms with Gasteiger partial charge < -0.3 is 0 Å². The molecule has 0 aliphatic heterocycles. The van der Waals surface area contributed by atoms with E-state index in [2.05, 4.69) is 92.7 Å². The van der Waals surface area contributed by atoms with Crippen LogP contribution in [0.15, 0.2) is 72.8 Å². The van der Waals surface area contributed by atoms with Crippen LogP contribution in [0, 0.1) is 0 Å². The van der Waals surface area contributed by atoms with Gasteiger partial charge >= 0.3 is 0 Å². The first-order valence-corrected chi connectivity index (χ1v) is 8.25. The number of rotatable bonds is 1. The molecule has 0 heteroatoms. The summed E-state index contributed by atoms with van der Waals surface area (Å²) >= 11 is 0. The van der Waals surface area contributed by atoms with E-state index in [9.17, 15) is 0 Å².